The van der Waals surface area contributed by atoms with Gasteiger partial charge in [0, 0.05) is 0 Å². The average Bonchev–Trinajstić information content (AvgIpc) is 1.85. The summed E-state index contributed by atoms with van der Waals surface area (Å²) in [5, 5.41) is 25.5. The Balaban J connectivity index is 2.39. The van der Waals surface area contributed by atoms with Gasteiger partial charge in [-0.3, -0.25) is 0 Å². The summed E-state index contributed by atoms with van der Waals surface area (Å²) in [7, 11) is 0. The number of aliphatic carboxylic acids is 1. The highest BCUT2D eigenvalue weighted by molar-refractivity contribution is 5.74. The topological polar surface area (TPSA) is 87.0 Å². The fourth-order valence-electron chi connectivity index (χ4n) is 0.810. The molecule has 3 N–H and O–H groups in total. The van der Waals surface area contributed by atoms with Crippen molar-refractivity contribution in [2.24, 2.45) is 0 Å². The van der Waals surface area contributed by atoms with Gasteiger partial charge in [0.2, 0.25) is 0 Å². The van der Waals surface area contributed by atoms with E-state index in [1.165, 1.54) is 0 Å². The maximum Gasteiger partial charge on any atom is 0.335 e. The predicted octanol–water partition coefficient (Wildman–Crippen LogP) is -1.81. The van der Waals surface area contributed by atoms with Gasteiger partial charge in [0.05, 0.1) is 6.61 Å². The van der Waals surface area contributed by atoms with E-state index in [-0.39, 0.29) is 6.61 Å². The number of hydrogen-bond donors (Lipinski definition) is 3. The summed E-state index contributed by atoms with van der Waals surface area (Å²) in [6.45, 7) is -0.342. The normalized spacial score (nSPS) is 38.8. The van der Waals surface area contributed by atoms with E-state index in [2.05, 4.69) is 4.74 Å². The van der Waals surface area contributed by atoms with Crippen LogP contribution in [0.4, 0.5) is 0 Å². The average molecular weight is 148 g/mol. The summed E-state index contributed by atoms with van der Waals surface area (Å²) in [6.07, 6.45) is -2.94. The molecule has 3 atom stereocenters. The van der Waals surface area contributed by atoms with Crippen molar-refractivity contribution in [2.75, 3.05) is 6.61 Å². The van der Waals surface area contributed by atoms with Gasteiger partial charge in [-0.05, 0) is 0 Å². The smallest absolute Gasteiger partial charge is 0.335 e. The van der Waals surface area contributed by atoms with Crippen LogP contribution in [0.5, 0.6) is 0 Å². The Morgan fingerprint density at radius 3 is 2.50 bits per heavy atom. The Morgan fingerprint density at radius 1 is 1.60 bits per heavy atom. The molecule has 5 heteroatoms. The molecule has 1 aliphatic heterocycles. The van der Waals surface area contributed by atoms with Crippen molar-refractivity contribution in [1.29, 1.82) is 0 Å². The Kier molecular flexibility index (Phi) is 1.89. The molecule has 0 bridgehead atoms. The molecule has 0 aromatic rings. The van der Waals surface area contributed by atoms with E-state index >= 15 is 0 Å². The van der Waals surface area contributed by atoms with Gasteiger partial charge < -0.3 is 20.1 Å². The van der Waals surface area contributed by atoms with Crippen LogP contribution >= 0.6 is 0 Å². The number of rotatable bonds is 2. The quantitative estimate of drug-likeness (QED) is 0.429. The third-order valence-corrected chi connectivity index (χ3v) is 1.44. The van der Waals surface area contributed by atoms with Crippen LogP contribution in [0, 0.1) is 0 Å². The second-order valence-corrected chi connectivity index (χ2v) is 2.11. The third kappa shape index (κ3) is 0.985. The fraction of sp³-hybridized carbons (Fsp3) is 0.800. The molecule has 0 radical (unpaired) electrons. The van der Waals surface area contributed by atoms with Crippen molar-refractivity contribution in [2.45, 2.75) is 18.3 Å². The maximum atomic E-state index is 10.1. The lowest BCUT2D eigenvalue weighted by atomic mass is 10.0. The highest BCUT2D eigenvalue weighted by Crippen LogP contribution is 2.20. The Bertz CT molecular complexity index is 145. The van der Waals surface area contributed by atoms with Crippen LogP contribution < -0.4 is 0 Å². The second kappa shape index (κ2) is 2.53. The highest BCUT2D eigenvalue weighted by Gasteiger charge is 2.45. The molecule has 10 heavy (non-hydrogen) atoms. The van der Waals surface area contributed by atoms with Crippen molar-refractivity contribution < 1.29 is 24.9 Å². The van der Waals surface area contributed by atoms with Crippen molar-refractivity contribution in [3.63, 3.8) is 0 Å². The minimum atomic E-state index is -1.20. The molecule has 0 aromatic carbocycles. The van der Waals surface area contributed by atoms with Crippen molar-refractivity contribution in [1.82, 2.24) is 0 Å². The zero-order valence-corrected chi connectivity index (χ0v) is 5.10. The molecule has 1 rings (SSSR count). The number of carboxylic acids is 1. The van der Waals surface area contributed by atoms with Crippen LogP contribution in [-0.4, -0.2) is 46.2 Å². The van der Waals surface area contributed by atoms with Crippen molar-refractivity contribution in [3.05, 3.63) is 0 Å². The summed E-state index contributed by atoms with van der Waals surface area (Å²) in [4.78, 5) is 10.1. The Morgan fingerprint density at radius 2 is 2.20 bits per heavy atom. The monoisotopic (exact) mass is 148 g/mol. The summed E-state index contributed by atoms with van der Waals surface area (Å²) < 4.78 is 4.56. The lowest BCUT2D eigenvalue weighted by Crippen LogP contribution is -2.58. The molecule has 5 nitrogen and oxygen atoms in total. The molecular formula is C5H8O5. The third-order valence-electron chi connectivity index (χ3n) is 1.44. The second-order valence-electron chi connectivity index (χ2n) is 2.11. The minimum absolute atomic E-state index is 0.342. The number of carbonyl (C=O) groups is 1. The van der Waals surface area contributed by atoms with Crippen molar-refractivity contribution >= 4 is 5.97 Å². The van der Waals surface area contributed by atoms with E-state index in [0.717, 1.165) is 0 Å². The predicted molar refractivity (Wildman–Crippen MR) is 29.4 cm³/mol. The largest absolute Gasteiger partial charge is 0.479 e. The summed E-state index contributed by atoms with van der Waals surface area (Å²) in [6, 6.07) is 0. The lowest BCUT2D eigenvalue weighted by molar-refractivity contribution is -0.237. The van der Waals surface area contributed by atoms with Crippen LogP contribution in [0.15, 0.2) is 0 Å². The molecule has 58 valence electrons. The molecule has 1 saturated heterocycles. The van der Waals surface area contributed by atoms with Gasteiger partial charge in [-0.1, -0.05) is 0 Å². The van der Waals surface area contributed by atoms with E-state index in [1.807, 2.05) is 0 Å². The Hall–Kier alpha value is -0.650. The summed E-state index contributed by atoms with van der Waals surface area (Å²) in [5.41, 5.74) is 0. The van der Waals surface area contributed by atoms with E-state index in [4.69, 9.17) is 15.3 Å². The number of aliphatic hydroxyl groups is 2. The summed E-state index contributed by atoms with van der Waals surface area (Å²) in [5.74, 6) is -1.20. The van der Waals surface area contributed by atoms with Crippen LogP contribution in [0.1, 0.15) is 0 Å². The van der Waals surface area contributed by atoms with Gasteiger partial charge in [-0.2, -0.15) is 0 Å². The zero-order chi connectivity index (χ0) is 7.72. The van der Waals surface area contributed by atoms with Crippen LogP contribution in [0.2, 0.25) is 0 Å². The van der Waals surface area contributed by atoms with Gasteiger partial charge in [0.15, 0.2) is 6.10 Å². The van der Waals surface area contributed by atoms with Gasteiger partial charge >= 0.3 is 5.97 Å². The van der Waals surface area contributed by atoms with Gasteiger partial charge in [-0.15, -0.1) is 0 Å². The molecule has 0 aliphatic carbocycles. The fourth-order valence-corrected chi connectivity index (χ4v) is 0.810. The maximum absolute atomic E-state index is 10.1. The van der Waals surface area contributed by atoms with E-state index in [1.54, 1.807) is 0 Å². The number of hydrogen-bond acceptors (Lipinski definition) is 4. The number of carboxylic acid groups (broad SMARTS) is 1. The van der Waals surface area contributed by atoms with Crippen molar-refractivity contribution in [3.8, 4) is 0 Å². The lowest BCUT2D eigenvalue weighted by Gasteiger charge is -2.37. The molecule has 1 heterocycles. The van der Waals surface area contributed by atoms with Gasteiger partial charge in [0.1, 0.15) is 12.2 Å². The minimum Gasteiger partial charge on any atom is -0.479 e. The summed E-state index contributed by atoms with van der Waals surface area (Å²) >= 11 is 0. The zero-order valence-electron chi connectivity index (χ0n) is 5.10. The Labute approximate surface area is 56.9 Å². The first kappa shape index (κ1) is 7.46. The van der Waals surface area contributed by atoms with Crippen LogP contribution in [0.3, 0.4) is 0 Å². The molecule has 0 aromatic heterocycles. The van der Waals surface area contributed by atoms with Gasteiger partial charge in [0.25, 0.3) is 0 Å². The first-order valence-electron chi connectivity index (χ1n) is 2.84. The molecule has 0 saturated carbocycles. The standard InChI is InChI=1S/C5H8O5/c6-1-2-3(7)4(10-2)5(8)9/h2-4,6-7H,1H2,(H,8,9)/t2-,3+,4+/m1/s1. The van der Waals surface area contributed by atoms with Crippen LogP contribution in [0.25, 0.3) is 0 Å². The van der Waals surface area contributed by atoms with E-state index in [9.17, 15) is 4.79 Å². The SMILES string of the molecule is O=C(O)[C@H]1O[C@H](CO)[C@@H]1O. The first-order valence-corrected chi connectivity index (χ1v) is 2.84. The molecule has 0 amide bonds. The van der Waals surface area contributed by atoms with E-state index < -0.39 is 24.3 Å². The molecule has 1 fully saturated rings. The molecule has 1 aliphatic rings. The molecule has 0 spiro atoms. The number of aliphatic hydroxyl groups excluding tert-OH is 2. The van der Waals surface area contributed by atoms with E-state index in [0.29, 0.717) is 0 Å². The first-order chi connectivity index (χ1) is 4.66. The van der Waals surface area contributed by atoms with Gasteiger partial charge in [-0.25, -0.2) is 4.79 Å². The molecular weight excluding hydrogens is 140 g/mol. The van der Waals surface area contributed by atoms with Crippen LogP contribution in [-0.2, 0) is 9.53 Å². The molecule has 0 unspecified atom stereocenters. The highest BCUT2D eigenvalue weighted by atomic mass is 16.6. The number of ether oxygens (including phenoxy) is 1.